The molecule has 0 heteroatoms. The Morgan fingerprint density at radius 3 is 2.13 bits per heavy atom. The first-order chi connectivity index (χ1) is 7.33. The fraction of sp³-hybridized carbons (Fsp3) is 1.00. The lowest BCUT2D eigenvalue weighted by Crippen LogP contribution is -2.06. The van der Waals surface area contributed by atoms with Gasteiger partial charge in [0.05, 0.1) is 0 Å². The van der Waals surface area contributed by atoms with Gasteiger partial charge in [0.1, 0.15) is 0 Å². The normalized spacial score (nSPS) is 22.0. The summed E-state index contributed by atoms with van der Waals surface area (Å²) in [5.74, 6) is 2.05. The Hall–Kier alpha value is 0. The molecule has 0 aromatic carbocycles. The Balaban J connectivity index is 2.11. The van der Waals surface area contributed by atoms with Crippen molar-refractivity contribution in [3.63, 3.8) is 0 Å². The largest absolute Gasteiger partial charge is 0.0654 e. The van der Waals surface area contributed by atoms with E-state index in [4.69, 9.17) is 0 Å². The highest BCUT2D eigenvalue weighted by atomic mass is 14.2. The topological polar surface area (TPSA) is 0 Å². The van der Waals surface area contributed by atoms with Crippen molar-refractivity contribution in [2.24, 2.45) is 11.8 Å². The molecule has 15 heavy (non-hydrogen) atoms. The third kappa shape index (κ3) is 6.22. The number of hydrogen-bond donors (Lipinski definition) is 0. The zero-order valence-corrected chi connectivity index (χ0v) is 10.9. The van der Waals surface area contributed by atoms with Gasteiger partial charge in [-0.1, -0.05) is 84.5 Å². The van der Waals surface area contributed by atoms with Gasteiger partial charge in [0.15, 0.2) is 0 Å². The molecule has 0 aliphatic heterocycles. The Kier molecular flexibility index (Phi) is 7.13. The molecule has 0 aromatic heterocycles. The summed E-state index contributed by atoms with van der Waals surface area (Å²) >= 11 is 0. The molecular weight excluding hydrogens is 180 g/mol. The van der Waals surface area contributed by atoms with Crippen LogP contribution in [0, 0.1) is 11.8 Å². The first-order valence-electron chi connectivity index (χ1n) is 7.33. The maximum absolute atomic E-state index is 2.44. The Morgan fingerprint density at radius 2 is 1.53 bits per heavy atom. The van der Waals surface area contributed by atoms with E-state index in [9.17, 15) is 0 Å². The molecule has 0 bridgehead atoms. The van der Waals surface area contributed by atoms with Crippen LogP contribution in [0.25, 0.3) is 0 Å². The van der Waals surface area contributed by atoms with Crippen LogP contribution in [0.2, 0.25) is 0 Å². The molecule has 0 spiro atoms. The van der Waals surface area contributed by atoms with E-state index in [-0.39, 0.29) is 0 Å². The van der Waals surface area contributed by atoms with Crippen molar-refractivity contribution in [3.8, 4) is 0 Å². The van der Waals surface area contributed by atoms with Crippen molar-refractivity contribution in [3.05, 3.63) is 0 Å². The molecule has 1 unspecified atom stereocenters. The first-order valence-corrected chi connectivity index (χ1v) is 7.33. The lowest BCUT2D eigenvalue weighted by Gasteiger charge is -2.21. The molecule has 1 rings (SSSR count). The Bertz CT molecular complexity index is 131. The molecule has 0 amide bonds. The van der Waals surface area contributed by atoms with E-state index in [1.807, 2.05) is 0 Å². The van der Waals surface area contributed by atoms with E-state index in [0.717, 1.165) is 11.8 Å². The summed E-state index contributed by atoms with van der Waals surface area (Å²) in [6, 6.07) is 0. The molecule has 1 aliphatic rings. The quantitative estimate of drug-likeness (QED) is 0.557. The van der Waals surface area contributed by atoms with Crippen molar-refractivity contribution in [1.82, 2.24) is 0 Å². The van der Waals surface area contributed by atoms with Crippen molar-refractivity contribution >= 4 is 0 Å². The standard InChI is InChI=1S/C15H30/c1-3-9-14(2)12-13-15-10-7-5-4-6-8-11-15/h14-15H,3-13H2,1-2H3. The van der Waals surface area contributed by atoms with E-state index in [1.54, 1.807) is 0 Å². The lowest BCUT2D eigenvalue weighted by molar-refractivity contribution is 0.324. The van der Waals surface area contributed by atoms with Crippen molar-refractivity contribution in [2.75, 3.05) is 0 Å². The smallest absolute Gasteiger partial charge is 0.0414 e. The predicted molar refractivity (Wildman–Crippen MR) is 69.1 cm³/mol. The SMILES string of the molecule is CCCC(C)CCC1CCCCCCC1. The van der Waals surface area contributed by atoms with Crippen LogP contribution >= 0.6 is 0 Å². The van der Waals surface area contributed by atoms with Crippen LogP contribution in [0.1, 0.15) is 84.5 Å². The molecule has 0 aromatic rings. The van der Waals surface area contributed by atoms with Gasteiger partial charge < -0.3 is 0 Å². The first kappa shape index (κ1) is 13.1. The van der Waals surface area contributed by atoms with Crippen molar-refractivity contribution < 1.29 is 0 Å². The second-order valence-corrected chi connectivity index (χ2v) is 5.68. The van der Waals surface area contributed by atoms with Crippen LogP contribution in [-0.2, 0) is 0 Å². The zero-order chi connectivity index (χ0) is 10.9. The molecule has 1 saturated carbocycles. The molecule has 1 aliphatic carbocycles. The van der Waals surface area contributed by atoms with Gasteiger partial charge >= 0.3 is 0 Å². The van der Waals surface area contributed by atoms with Gasteiger partial charge in [-0.2, -0.15) is 0 Å². The maximum atomic E-state index is 2.44. The van der Waals surface area contributed by atoms with Crippen LogP contribution in [0.5, 0.6) is 0 Å². The summed E-state index contributed by atoms with van der Waals surface area (Å²) in [6.45, 7) is 4.75. The molecule has 0 nitrogen and oxygen atoms in total. The number of hydrogen-bond acceptors (Lipinski definition) is 0. The summed E-state index contributed by atoms with van der Waals surface area (Å²) in [5, 5.41) is 0. The average Bonchev–Trinajstić information content (AvgIpc) is 2.16. The highest BCUT2D eigenvalue weighted by molar-refractivity contribution is 4.65. The molecule has 90 valence electrons. The minimum atomic E-state index is 0.973. The van der Waals surface area contributed by atoms with Crippen LogP contribution in [0.4, 0.5) is 0 Å². The van der Waals surface area contributed by atoms with Gasteiger partial charge in [-0.05, 0) is 11.8 Å². The highest BCUT2D eigenvalue weighted by Crippen LogP contribution is 2.27. The van der Waals surface area contributed by atoms with E-state index >= 15 is 0 Å². The summed E-state index contributed by atoms with van der Waals surface area (Å²) in [5.41, 5.74) is 0. The molecule has 0 saturated heterocycles. The zero-order valence-electron chi connectivity index (χ0n) is 10.9. The Labute approximate surface area is 96.8 Å². The number of rotatable bonds is 5. The minimum Gasteiger partial charge on any atom is -0.0654 e. The molecule has 1 atom stereocenters. The lowest BCUT2D eigenvalue weighted by atomic mass is 9.85. The molecule has 0 N–H and O–H groups in total. The van der Waals surface area contributed by atoms with Crippen molar-refractivity contribution in [1.29, 1.82) is 0 Å². The monoisotopic (exact) mass is 210 g/mol. The highest BCUT2D eigenvalue weighted by Gasteiger charge is 2.12. The Morgan fingerprint density at radius 1 is 0.933 bits per heavy atom. The summed E-state index contributed by atoms with van der Waals surface area (Å²) in [7, 11) is 0. The second-order valence-electron chi connectivity index (χ2n) is 5.68. The van der Waals surface area contributed by atoms with Gasteiger partial charge in [0.2, 0.25) is 0 Å². The summed E-state index contributed by atoms with van der Waals surface area (Å²) in [6.07, 6.45) is 16.4. The van der Waals surface area contributed by atoms with Gasteiger partial charge in [-0.3, -0.25) is 0 Å². The third-order valence-electron chi connectivity index (χ3n) is 4.07. The minimum absolute atomic E-state index is 0.973. The fourth-order valence-electron chi connectivity index (χ4n) is 2.99. The van der Waals surface area contributed by atoms with Crippen LogP contribution in [0.3, 0.4) is 0 Å². The van der Waals surface area contributed by atoms with E-state index < -0.39 is 0 Å². The van der Waals surface area contributed by atoms with Gasteiger partial charge in [-0.25, -0.2) is 0 Å². The van der Waals surface area contributed by atoms with Gasteiger partial charge in [0, 0.05) is 0 Å². The van der Waals surface area contributed by atoms with Crippen LogP contribution in [0.15, 0.2) is 0 Å². The van der Waals surface area contributed by atoms with Gasteiger partial charge in [-0.15, -0.1) is 0 Å². The van der Waals surface area contributed by atoms with Crippen molar-refractivity contribution in [2.45, 2.75) is 84.5 Å². The summed E-state index contributed by atoms with van der Waals surface area (Å²) < 4.78 is 0. The molecule has 1 fully saturated rings. The fourth-order valence-corrected chi connectivity index (χ4v) is 2.99. The molecule has 0 radical (unpaired) electrons. The third-order valence-corrected chi connectivity index (χ3v) is 4.07. The van der Waals surface area contributed by atoms with E-state index in [2.05, 4.69) is 13.8 Å². The van der Waals surface area contributed by atoms with E-state index in [0.29, 0.717) is 0 Å². The molecule has 0 heterocycles. The van der Waals surface area contributed by atoms with Gasteiger partial charge in [0.25, 0.3) is 0 Å². The molecular formula is C15H30. The second kappa shape index (κ2) is 8.19. The van der Waals surface area contributed by atoms with Crippen LogP contribution < -0.4 is 0 Å². The summed E-state index contributed by atoms with van der Waals surface area (Å²) in [4.78, 5) is 0. The van der Waals surface area contributed by atoms with Crippen LogP contribution in [-0.4, -0.2) is 0 Å². The average molecular weight is 210 g/mol. The predicted octanol–water partition coefficient (Wildman–Crippen LogP) is 5.56. The van der Waals surface area contributed by atoms with E-state index in [1.165, 1.54) is 70.6 Å². The maximum Gasteiger partial charge on any atom is -0.0414 e.